The van der Waals surface area contributed by atoms with E-state index in [9.17, 15) is 19.5 Å². The van der Waals surface area contributed by atoms with Crippen molar-refractivity contribution in [2.24, 2.45) is 5.73 Å². The van der Waals surface area contributed by atoms with E-state index in [-0.39, 0.29) is 11.1 Å². The van der Waals surface area contributed by atoms with Gasteiger partial charge in [-0.3, -0.25) is 9.59 Å². The van der Waals surface area contributed by atoms with Crippen molar-refractivity contribution in [1.29, 1.82) is 0 Å². The van der Waals surface area contributed by atoms with Crippen LogP contribution in [0.4, 0.5) is 0 Å². The third kappa shape index (κ3) is 3.45. The van der Waals surface area contributed by atoms with Crippen LogP contribution in [0, 0.1) is 0 Å². The molecule has 4 N–H and O–H groups in total. The van der Waals surface area contributed by atoms with Crippen LogP contribution in [0.25, 0.3) is 10.9 Å². The van der Waals surface area contributed by atoms with E-state index >= 15 is 0 Å². The largest absolute Gasteiger partial charge is 0.497 e. The van der Waals surface area contributed by atoms with Gasteiger partial charge in [0.25, 0.3) is 5.56 Å². The van der Waals surface area contributed by atoms with E-state index in [0.29, 0.717) is 11.3 Å². The number of rotatable bonds is 6. The molecule has 0 fully saturated rings. The van der Waals surface area contributed by atoms with Crippen LogP contribution >= 0.6 is 0 Å². The van der Waals surface area contributed by atoms with E-state index < -0.39 is 29.3 Å². The average Bonchev–Trinajstić information content (AvgIpc) is 2.67. The molecule has 3 aromatic rings. The average molecular weight is 366 g/mol. The highest BCUT2D eigenvalue weighted by Gasteiger charge is 2.43. The minimum Gasteiger partial charge on any atom is -0.497 e. The molecule has 0 bridgehead atoms. The first-order valence-electron chi connectivity index (χ1n) is 8.17. The van der Waals surface area contributed by atoms with E-state index in [1.807, 2.05) is 0 Å². The molecular weight excluding hydrogens is 348 g/mol. The number of aliphatic carboxylic acids is 1. The molecule has 27 heavy (non-hydrogen) atoms. The van der Waals surface area contributed by atoms with E-state index in [4.69, 9.17) is 10.5 Å². The molecule has 2 aromatic carbocycles. The summed E-state index contributed by atoms with van der Waals surface area (Å²) in [4.78, 5) is 39.7. The van der Waals surface area contributed by atoms with Gasteiger partial charge in [-0.25, -0.2) is 4.79 Å². The summed E-state index contributed by atoms with van der Waals surface area (Å²) in [6.07, 6.45) is -0.437. The van der Waals surface area contributed by atoms with Gasteiger partial charge in [0, 0.05) is 23.1 Å². The number of benzene rings is 2. The van der Waals surface area contributed by atoms with Crippen molar-refractivity contribution in [3.63, 3.8) is 0 Å². The lowest BCUT2D eigenvalue weighted by Gasteiger charge is -2.23. The summed E-state index contributed by atoms with van der Waals surface area (Å²) in [6.45, 7) is 0. The van der Waals surface area contributed by atoms with Gasteiger partial charge in [0.05, 0.1) is 7.11 Å². The molecule has 7 nitrogen and oxygen atoms in total. The van der Waals surface area contributed by atoms with Crippen molar-refractivity contribution in [1.82, 2.24) is 4.98 Å². The van der Waals surface area contributed by atoms with Crippen LogP contribution in [0.3, 0.4) is 0 Å². The van der Waals surface area contributed by atoms with Crippen molar-refractivity contribution < 1.29 is 19.4 Å². The third-order valence-corrected chi connectivity index (χ3v) is 4.44. The molecule has 1 unspecified atom stereocenters. The first-order chi connectivity index (χ1) is 12.8. The number of carbonyl (C=O) groups is 2. The Morgan fingerprint density at radius 2 is 1.81 bits per heavy atom. The minimum absolute atomic E-state index is 0.123. The molecule has 1 atom stereocenters. The number of hydrogen-bond donors (Lipinski definition) is 3. The van der Waals surface area contributed by atoms with Gasteiger partial charge in [-0.2, -0.15) is 0 Å². The summed E-state index contributed by atoms with van der Waals surface area (Å²) >= 11 is 0. The van der Waals surface area contributed by atoms with Crippen LogP contribution in [-0.2, 0) is 11.2 Å². The third-order valence-electron chi connectivity index (χ3n) is 4.44. The van der Waals surface area contributed by atoms with Crippen LogP contribution < -0.4 is 16.0 Å². The zero-order chi connectivity index (χ0) is 19.6. The number of fused-ring (bicyclic) bond motifs is 1. The second-order valence-corrected chi connectivity index (χ2v) is 6.22. The highest BCUT2D eigenvalue weighted by atomic mass is 16.5. The number of ketones is 1. The number of nitrogens with two attached hydrogens (primary N) is 1. The second kappa shape index (κ2) is 7.05. The first-order valence-corrected chi connectivity index (χ1v) is 8.17. The Hall–Kier alpha value is -3.45. The summed E-state index contributed by atoms with van der Waals surface area (Å²) < 4.78 is 5.03. The van der Waals surface area contributed by atoms with Crippen molar-refractivity contribution in [2.75, 3.05) is 7.11 Å². The van der Waals surface area contributed by atoms with Gasteiger partial charge in [-0.15, -0.1) is 0 Å². The monoisotopic (exact) mass is 366 g/mol. The number of para-hydroxylation sites is 1. The SMILES string of the molecule is COc1ccc(C(=O)C(N)(Cc2cc3ccccc3[nH]c2=O)C(=O)O)cc1. The van der Waals surface area contributed by atoms with Crippen LogP contribution in [0.15, 0.2) is 59.4 Å². The fraction of sp³-hybridized carbons (Fsp3) is 0.150. The zero-order valence-electron chi connectivity index (χ0n) is 14.6. The topological polar surface area (TPSA) is 122 Å². The molecule has 7 heteroatoms. The maximum Gasteiger partial charge on any atom is 0.332 e. The second-order valence-electron chi connectivity index (χ2n) is 6.22. The molecule has 0 radical (unpaired) electrons. The molecule has 0 spiro atoms. The molecule has 0 amide bonds. The van der Waals surface area contributed by atoms with Crippen molar-refractivity contribution >= 4 is 22.7 Å². The Balaban J connectivity index is 2.01. The number of Topliss-reactive ketones (excluding diaryl/α,β-unsaturated/α-hetero) is 1. The fourth-order valence-corrected chi connectivity index (χ4v) is 2.88. The molecule has 0 saturated carbocycles. The number of aromatic nitrogens is 1. The van der Waals surface area contributed by atoms with Crippen molar-refractivity contribution in [3.8, 4) is 5.75 Å². The lowest BCUT2D eigenvalue weighted by molar-refractivity contribution is -0.141. The number of aromatic amines is 1. The van der Waals surface area contributed by atoms with Crippen LogP contribution in [0.2, 0.25) is 0 Å². The number of carbonyl (C=O) groups excluding carboxylic acids is 1. The Morgan fingerprint density at radius 3 is 2.44 bits per heavy atom. The highest BCUT2D eigenvalue weighted by molar-refractivity contribution is 6.16. The van der Waals surface area contributed by atoms with Gasteiger partial charge in [-0.1, -0.05) is 18.2 Å². The number of hydrogen-bond acceptors (Lipinski definition) is 5. The maximum absolute atomic E-state index is 12.8. The molecule has 1 heterocycles. The molecule has 0 aliphatic carbocycles. The zero-order valence-corrected chi connectivity index (χ0v) is 14.6. The first kappa shape index (κ1) is 18.3. The Kier molecular flexibility index (Phi) is 4.79. The van der Waals surface area contributed by atoms with Gasteiger partial charge >= 0.3 is 5.97 Å². The standard InChI is InChI=1S/C20H18N2O5/c1-27-15-8-6-12(7-9-15)17(23)20(21,19(25)26)11-14-10-13-4-2-3-5-16(13)22-18(14)24/h2-10H,11,21H2,1H3,(H,22,24)(H,25,26). The number of nitrogens with one attached hydrogen (secondary N) is 1. The Morgan fingerprint density at radius 1 is 1.15 bits per heavy atom. The molecule has 1 aromatic heterocycles. The molecule has 0 aliphatic heterocycles. The summed E-state index contributed by atoms with van der Waals surface area (Å²) in [5.41, 5.74) is 4.11. The summed E-state index contributed by atoms with van der Waals surface area (Å²) in [6, 6.07) is 14.6. The predicted octanol–water partition coefficient (Wildman–Crippen LogP) is 1.74. The van der Waals surface area contributed by atoms with Gasteiger partial charge in [-0.05, 0) is 41.8 Å². The quantitative estimate of drug-likeness (QED) is 0.451. The van der Waals surface area contributed by atoms with Gasteiger partial charge in [0.15, 0.2) is 11.3 Å². The van der Waals surface area contributed by atoms with Crippen LogP contribution in [0.5, 0.6) is 5.75 Å². The van der Waals surface area contributed by atoms with Gasteiger partial charge < -0.3 is 20.6 Å². The molecular formula is C20H18N2O5. The molecule has 0 saturated heterocycles. The Bertz CT molecular complexity index is 1070. The van der Waals surface area contributed by atoms with E-state index in [1.54, 1.807) is 42.5 Å². The van der Waals surface area contributed by atoms with Gasteiger partial charge in [0.1, 0.15) is 5.75 Å². The molecule has 0 aliphatic rings. The van der Waals surface area contributed by atoms with Gasteiger partial charge in [0.2, 0.25) is 0 Å². The minimum atomic E-state index is -2.27. The Labute approximate surface area is 154 Å². The van der Waals surface area contributed by atoms with Crippen LogP contribution in [-0.4, -0.2) is 34.5 Å². The lowest BCUT2D eigenvalue weighted by Crippen LogP contribution is -2.57. The lowest BCUT2D eigenvalue weighted by atomic mass is 9.84. The number of pyridine rings is 1. The number of carboxylic acid groups (broad SMARTS) is 1. The van der Waals surface area contributed by atoms with Crippen LogP contribution in [0.1, 0.15) is 15.9 Å². The smallest absolute Gasteiger partial charge is 0.332 e. The maximum atomic E-state index is 12.8. The number of carboxylic acids is 1. The summed E-state index contributed by atoms with van der Waals surface area (Å²) in [5, 5.41) is 10.4. The van der Waals surface area contributed by atoms with E-state index in [0.717, 1.165) is 5.39 Å². The number of ether oxygens (including phenoxy) is 1. The van der Waals surface area contributed by atoms with E-state index in [2.05, 4.69) is 4.98 Å². The normalized spacial score (nSPS) is 13.1. The van der Waals surface area contributed by atoms with Crippen molar-refractivity contribution in [3.05, 3.63) is 76.1 Å². The van der Waals surface area contributed by atoms with E-state index in [1.165, 1.54) is 19.2 Å². The molecule has 3 rings (SSSR count). The fourth-order valence-electron chi connectivity index (χ4n) is 2.88. The summed E-state index contributed by atoms with van der Waals surface area (Å²) in [5.74, 6) is -1.77. The molecule has 138 valence electrons. The van der Waals surface area contributed by atoms with Crippen molar-refractivity contribution in [2.45, 2.75) is 12.0 Å². The number of H-pyrrole nitrogens is 1. The predicted molar refractivity (Wildman–Crippen MR) is 100 cm³/mol. The highest BCUT2D eigenvalue weighted by Crippen LogP contribution is 2.20. The summed E-state index contributed by atoms with van der Waals surface area (Å²) in [7, 11) is 1.48. The number of methoxy groups -OCH3 is 1.